The minimum Gasteiger partial charge on any atom is -0.348 e. The molecule has 1 saturated heterocycles. The molecule has 6 heteroatoms. The molecule has 4 rings (SSSR count). The average molecular weight is 405 g/mol. The van der Waals surface area contributed by atoms with Crippen LogP contribution in [0.1, 0.15) is 55.3 Å². The number of imide groups is 1. The van der Waals surface area contributed by atoms with Crippen molar-refractivity contribution in [3.63, 3.8) is 0 Å². The molecule has 2 aromatic carbocycles. The maximum Gasteiger partial charge on any atom is 0.325 e. The van der Waals surface area contributed by atoms with Gasteiger partial charge in [-0.05, 0) is 42.4 Å². The summed E-state index contributed by atoms with van der Waals surface area (Å²) in [5.41, 5.74) is 1.90. The summed E-state index contributed by atoms with van der Waals surface area (Å²) in [5.74, 6) is -0.663. The molecule has 30 heavy (non-hydrogen) atoms. The Kier molecular flexibility index (Phi) is 5.57. The van der Waals surface area contributed by atoms with Crippen molar-refractivity contribution in [1.82, 2.24) is 15.5 Å². The maximum absolute atomic E-state index is 13.3. The number of benzene rings is 2. The van der Waals surface area contributed by atoms with Gasteiger partial charge in [0.05, 0.1) is 6.04 Å². The number of aryl methyl sites for hydroxylation is 1. The summed E-state index contributed by atoms with van der Waals surface area (Å²) in [4.78, 5) is 39.9. The lowest BCUT2D eigenvalue weighted by Gasteiger charge is -2.33. The first-order valence-electron chi connectivity index (χ1n) is 10.6. The van der Waals surface area contributed by atoms with Crippen molar-refractivity contribution in [3.05, 3.63) is 71.3 Å². The predicted octanol–water partition coefficient (Wildman–Crippen LogP) is 3.43. The molecule has 0 bridgehead atoms. The third-order valence-electron chi connectivity index (χ3n) is 6.07. The highest BCUT2D eigenvalue weighted by Gasteiger charge is 2.54. The fourth-order valence-corrected chi connectivity index (χ4v) is 4.63. The van der Waals surface area contributed by atoms with E-state index in [1.807, 2.05) is 54.6 Å². The minimum absolute atomic E-state index is 0.145. The van der Waals surface area contributed by atoms with Gasteiger partial charge in [-0.1, -0.05) is 67.9 Å². The number of urea groups is 1. The van der Waals surface area contributed by atoms with Gasteiger partial charge in [0, 0.05) is 0 Å². The van der Waals surface area contributed by atoms with Gasteiger partial charge in [0.15, 0.2) is 0 Å². The maximum atomic E-state index is 13.3. The first kappa shape index (κ1) is 20.1. The van der Waals surface area contributed by atoms with E-state index in [0.717, 1.165) is 47.3 Å². The Balaban J connectivity index is 1.51. The molecule has 2 N–H and O–H groups in total. The first-order valence-corrected chi connectivity index (χ1v) is 10.6. The van der Waals surface area contributed by atoms with Gasteiger partial charge in [0.1, 0.15) is 12.1 Å². The molecule has 2 aromatic rings. The molecule has 1 fully saturated rings. The van der Waals surface area contributed by atoms with Gasteiger partial charge < -0.3 is 10.6 Å². The third kappa shape index (κ3) is 3.58. The van der Waals surface area contributed by atoms with Crippen LogP contribution < -0.4 is 10.6 Å². The highest BCUT2D eigenvalue weighted by atomic mass is 16.2. The number of rotatable bonds is 6. The second kappa shape index (κ2) is 8.30. The summed E-state index contributed by atoms with van der Waals surface area (Å²) in [7, 11) is 0. The smallest absolute Gasteiger partial charge is 0.325 e. The van der Waals surface area contributed by atoms with E-state index < -0.39 is 11.6 Å². The van der Waals surface area contributed by atoms with Gasteiger partial charge in [-0.25, -0.2) is 4.79 Å². The molecule has 0 radical (unpaired) electrons. The molecule has 1 heterocycles. The van der Waals surface area contributed by atoms with Crippen LogP contribution in [0, 0.1) is 0 Å². The van der Waals surface area contributed by atoms with Crippen molar-refractivity contribution >= 4 is 17.8 Å². The average Bonchev–Trinajstić information content (AvgIpc) is 2.99. The Labute approximate surface area is 176 Å². The van der Waals surface area contributed by atoms with Gasteiger partial charge in [-0.3, -0.25) is 14.5 Å². The van der Waals surface area contributed by atoms with Crippen LogP contribution in [0.2, 0.25) is 0 Å². The van der Waals surface area contributed by atoms with E-state index in [1.54, 1.807) is 0 Å². The normalized spacial score (nSPS) is 21.3. The second-order valence-electron chi connectivity index (χ2n) is 8.06. The SMILES string of the molecule is CCC[C@@H](NC(=O)CN1C(=O)N[C@]2(CCCc3ccccc32)C1=O)c1ccccc1. The van der Waals surface area contributed by atoms with Crippen LogP contribution in [0.15, 0.2) is 54.6 Å². The molecule has 4 amide bonds. The molecule has 2 atom stereocenters. The van der Waals surface area contributed by atoms with Crippen molar-refractivity contribution in [2.45, 2.75) is 50.6 Å². The van der Waals surface area contributed by atoms with Crippen molar-refractivity contribution < 1.29 is 14.4 Å². The van der Waals surface area contributed by atoms with E-state index in [-0.39, 0.29) is 24.4 Å². The van der Waals surface area contributed by atoms with Gasteiger partial charge in [-0.2, -0.15) is 0 Å². The topological polar surface area (TPSA) is 78.5 Å². The molecule has 1 aliphatic heterocycles. The van der Waals surface area contributed by atoms with Crippen molar-refractivity contribution in [2.24, 2.45) is 0 Å². The number of carbonyl (C=O) groups excluding carboxylic acids is 3. The number of nitrogens with one attached hydrogen (secondary N) is 2. The van der Waals surface area contributed by atoms with Crippen LogP contribution in [-0.2, 0) is 21.5 Å². The molecule has 156 valence electrons. The standard InChI is InChI=1S/C24H27N3O3/c1-2-9-20(18-11-4-3-5-12-18)25-21(28)16-27-22(29)24(26-23(27)30)15-8-13-17-10-6-7-14-19(17)24/h3-7,10-12,14,20H,2,8-9,13,15-16H2,1H3,(H,25,28)(H,26,30)/t20-,24+/m1/s1. The highest BCUT2D eigenvalue weighted by Crippen LogP contribution is 2.39. The zero-order valence-corrected chi connectivity index (χ0v) is 17.2. The quantitative estimate of drug-likeness (QED) is 0.723. The summed E-state index contributed by atoms with van der Waals surface area (Å²) in [6, 6.07) is 16.8. The van der Waals surface area contributed by atoms with E-state index in [1.165, 1.54) is 0 Å². The summed E-state index contributed by atoms with van der Waals surface area (Å²) in [5, 5.41) is 5.90. The molecular weight excluding hydrogens is 378 g/mol. The Hall–Kier alpha value is -3.15. The van der Waals surface area contributed by atoms with Gasteiger partial charge in [0.25, 0.3) is 5.91 Å². The summed E-state index contributed by atoms with van der Waals surface area (Å²) in [6.07, 6.45) is 3.94. The molecule has 0 saturated carbocycles. The predicted molar refractivity (Wildman–Crippen MR) is 114 cm³/mol. The number of nitrogens with zero attached hydrogens (tertiary/aromatic N) is 1. The molecule has 6 nitrogen and oxygen atoms in total. The lowest BCUT2D eigenvalue weighted by Crippen LogP contribution is -2.47. The molecular formula is C24H27N3O3. The number of fused-ring (bicyclic) bond motifs is 2. The Morgan fingerprint density at radius 2 is 1.87 bits per heavy atom. The number of amides is 4. The van der Waals surface area contributed by atoms with E-state index in [9.17, 15) is 14.4 Å². The monoisotopic (exact) mass is 405 g/mol. The number of carbonyl (C=O) groups is 3. The van der Waals surface area contributed by atoms with Gasteiger partial charge in [0.2, 0.25) is 5.91 Å². The lowest BCUT2D eigenvalue weighted by atomic mass is 9.76. The van der Waals surface area contributed by atoms with E-state index >= 15 is 0 Å². The van der Waals surface area contributed by atoms with Crippen LogP contribution in [0.25, 0.3) is 0 Å². The highest BCUT2D eigenvalue weighted by molar-refractivity contribution is 6.09. The van der Waals surface area contributed by atoms with E-state index in [4.69, 9.17) is 0 Å². The van der Waals surface area contributed by atoms with Crippen LogP contribution in [0.4, 0.5) is 4.79 Å². The largest absolute Gasteiger partial charge is 0.348 e. The fraction of sp³-hybridized carbons (Fsp3) is 0.375. The summed E-state index contributed by atoms with van der Waals surface area (Å²) < 4.78 is 0. The minimum atomic E-state index is -1.05. The van der Waals surface area contributed by atoms with E-state index in [2.05, 4.69) is 17.6 Å². The lowest BCUT2D eigenvalue weighted by molar-refractivity contribution is -0.135. The van der Waals surface area contributed by atoms with Gasteiger partial charge >= 0.3 is 6.03 Å². The Morgan fingerprint density at radius 3 is 2.63 bits per heavy atom. The van der Waals surface area contributed by atoms with Crippen LogP contribution in [0.5, 0.6) is 0 Å². The molecule has 0 aromatic heterocycles. The fourth-order valence-electron chi connectivity index (χ4n) is 4.63. The van der Waals surface area contributed by atoms with Crippen LogP contribution >= 0.6 is 0 Å². The molecule has 1 spiro atoms. The molecule has 1 aliphatic carbocycles. The zero-order valence-electron chi connectivity index (χ0n) is 17.2. The zero-order chi connectivity index (χ0) is 21.1. The Morgan fingerprint density at radius 1 is 1.13 bits per heavy atom. The second-order valence-corrected chi connectivity index (χ2v) is 8.06. The van der Waals surface area contributed by atoms with E-state index in [0.29, 0.717) is 6.42 Å². The summed E-state index contributed by atoms with van der Waals surface area (Å²) >= 11 is 0. The third-order valence-corrected chi connectivity index (χ3v) is 6.07. The van der Waals surface area contributed by atoms with Crippen molar-refractivity contribution in [3.8, 4) is 0 Å². The molecule has 0 unspecified atom stereocenters. The number of hydrogen-bond acceptors (Lipinski definition) is 3. The summed E-state index contributed by atoms with van der Waals surface area (Å²) in [6.45, 7) is 1.78. The van der Waals surface area contributed by atoms with Crippen LogP contribution in [-0.4, -0.2) is 29.3 Å². The molecule has 2 aliphatic rings. The van der Waals surface area contributed by atoms with Gasteiger partial charge in [-0.15, -0.1) is 0 Å². The Bertz CT molecular complexity index is 959. The first-order chi connectivity index (χ1) is 14.5. The van der Waals surface area contributed by atoms with Crippen LogP contribution in [0.3, 0.4) is 0 Å². The number of hydrogen-bond donors (Lipinski definition) is 2. The van der Waals surface area contributed by atoms with Crippen molar-refractivity contribution in [2.75, 3.05) is 6.54 Å². The van der Waals surface area contributed by atoms with Crippen molar-refractivity contribution in [1.29, 1.82) is 0 Å².